The van der Waals surface area contributed by atoms with Crippen LogP contribution in [0.25, 0.3) is 0 Å². The lowest BCUT2D eigenvalue weighted by Gasteiger charge is -2.57. The van der Waals surface area contributed by atoms with Gasteiger partial charge in [0.25, 0.3) is 0 Å². The van der Waals surface area contributed by atoms with Crippen molar-refractivity contribution in [2.24, 2.45) is 34.3 Å². The van der Waals surface area contributed by atoms with Gasteiger partial charge in [0.1, 0.15) is 6.10 Å². The molecule has 2 fully saturated rings. The predicted molar refractivity (Wildman–Crippen MR) is 134 cm³/mol. The lowest BCUT2D eigenvalue weighted by Crippen LogP contribution is -2.50. The zero-order valence-corrected chi connectivity index (χ0v) is 20.3. The quantitative estimate of drug-likeness (QED) is 0.411. The number of fused-ring (bicyclic) bond motifs is 5. The largest absolute Gasteiger partial charge is 0.461 e. The van der Waals surface area contributed by atoms with Crippen molar-refractivity contribution in [3.05, 3.63) is 47.7 Å². The summed E-state index contributed by atoms with van der Waals surface area (Å²) >= 11 is 0. The summed E-state index contributed by atoms with van der Waals surface area (Å²) in [5.74, 6) is 1.85. The normalized spacial score (nSPS) is 37.1. The Bertz CT molecular complexity index is 985. The molecule has 2 saturated carbocycles. The molecule has 1 aromatic rings. The van der Waals surface area contributed by atoms with E-state index in [1.54, 1.807) is 0 Å². The second-order valence-electron chi connectivity index (χ2n) is 11.0. The van der Waals surface area contributed by atoms with E-state index in [0.29, 0.717) is 5.92 Å². The Labute approximate surface area is 198 Å². The highest BCUT2D eigenvalue weighted by atomic mass is 16.5. The van der Waals surface area contributed by atoms with E-state index in [2.05, 4.69) is 60.9 Å². The number of carbonyl (C=O) groups is 1. The first kappa shape index (κ1) is 22.5. The minimum atomic E-state index is -0.275. The highest BCUT2D eigenvalue weighted by Crippen LogP contribution is 2.65. The summed E-state index contributed by atoms with van der Waals surface area (Å²) in [6, 6.07) is 8.48. The highest BCUT2D eigenvalue weighted by Gasteiger charge is 2.57. The van der Waals surface area contributed by atoms with Crippen molar-refractivity contribution < 1.29 is 9.53 Å². The van der Waals surface area contributed by atoms with Gasteiger partial charge in [0.2, 0.25) is 0 Å². The maximum atomic E-state index is 11.7. The van der Waals surface area contributed by atoms with Gasteiger partial charge in [0, 0.05) is 24.6 Å². The van der Waals surface area contributed by atoms with E-state index in [1.165, 1.54) is 29.8 Å². The van der Waals surface area contributed by atoms with Gasteiger partial charge >= 0.3 is 5.97 Å². The molecule has 33 heavy (non-hydrogen) atoms. The number of rotatable bonds is 5. The monoisotopic (exact) mass is 449 g/mol. The van der Waals surface area contributed by atoms with Gasteiger partial charge in [0.05, 0.1) is 17.9 Å². The first-order valence-electron chi connectivity index (χ1n) is 12.7. The van der Waals surface area contributed by atoms with Gasteiger partial charge in [-0.2, -0.15) is 0 Å². The van der Waals surface area contributed by atoms with Gasteiger partial charge in [-0.1, -0.05) is 43.7 Å². The van der Waals surface area contributed by atoms with E-state index in [-0.39, 0.29) is 29.4 Å². The summed E-state index contributed by atoms with van der Waals surface area (Å²) in [4.78, 5) is 11.7. The number of hydrogen-bond donors (Lipinski definition) is 3. The van der Waals surface area contributed by atoms with Gasteiger partial charge in [0.15, 0.2) is 0 Å². The number of allylic oxidation sites excluding steroid dienone is 3. The fourth-order valence-corrected chi connectivity index (χ4v) is 7.68. The highest BCUT2D eigenvalue weighted by molar-refractivity contribution is 5.71. The summed E-state index contributed by atoms with van der Waals surface area (Å²) < 4.78 is 5.62. The number of hydrogen-bond acceptors (Lipinski definition) is 5. The fourth-order valence-electron chi connectivity index (χ4n) is 7.68. The summed E-state index contributed by atoms with van der Waals surface area (Å²) in [5.41, 5.74) is 11.2. The SMILES string of the molecule is CNc1ccccc1NC1=CCC2C3CC=C4C[C@@H](OC(=O)CN)CC[C@]4(C)C3CC[C@]12C. The number of para-hydroxylation sites is 2. The molecule has 0 aromatic heterocycles. The molecule has 4 aliphatic rings. The van der Waals surface area contributed by atoms with Crippen LogP contribution in [-0.2, 0) is 9.53 Å². The number of anilines is 2. The molecule has 0 heterocycles. The van der Waals surface area contributed by atoms with E-state index >= 15 is 0 Å². The number of nitrogens with two attached hydrogens (primary N) is 1. The van der Waals surface area contributed by atoms with Crippen molar-refractivity contribution in [1.29, 1.82) is 0 Å². The molecule has 4 N–H and O–H groups in total. The van der Waals surface area contributed by atoms with Crippen LogP contribution in [0.4, 0.5) is 11.4 Å². The van der Waals surface area contributed by atoms with Crippen LogP contribution in [0.1, 0.15) is 58.8 Å². The Balaban J connectivity index is 1.34. The lowest BCUT2D eigenvalue weighted by molar-refractivity contribution is -0.149. The number of benzene rings is 1. The number of esters is 1. The Kier molecular flexibility index (Phi) is 5.80. The molecular formula is C28H39N3O2. The molecule has 0 aliphatic heterocycles. The van der Waals surface area contributed by atoms with Crippen molar-refractivity contribution in [3.8, 4) is 0 Å². The second-order valence-corrected chi connectivity index (χ2v) is 11.0. The Morgan fingerprint density at radius 2 is 1.82 bits per heavy atom. The fraction of sp³-hybridized carbons (Fsp3) is 0.607. The third-order valence-corrected chi connectivity index (χ3v) is 9.57. The van der Waals surface area contributed by atoms with Crippen LogP contribution in [0.15, 0.2) is 47.7 Å². The molecule has 0 radical (unpaired) electrons. The van der Waals surface area contributed by atoms with Crippen molar-refractivity contribution in [2.75, 3.05) is 24.2 Å². The first-order valence-corrected chi connectivity index (χ1v) is 12.7. The average Bonchev–Trinajstić information content (AvgIpc) is 3.15. The zero-order valence-electron chi connectivity index (χ0n) is 20.3. The van der Waals surface area contributed by atoms with Crippen molar-refractivity contribution in [1.82, 2.24) is 0 Å². The zero-order chi connectivity index (χ0) is 23.2. The molecule has 0 saturated heterocycles. The average molecular weight is 450 g/mol. The number of ether oxygens (including phenoxy) is 1. The Morgan fingerprint density at radius 3 is 2.58 bits per heavy atom. The molecule has 3 unspecified atom stereocenters. The van der Waals surface area contributed by atoms with Gasteiger partial charge < -0.3 is 21.1 Å². The van der Waals surface area contributed by atoms with Crippen LogP contribution in [0.2, 0.25) is 0 Å². The molecule has 5 rings (SSSR count). The van der Waals surface area contributed by atoms with Crippen LogP contribution in [0, 0.1) is 28.6 Å². The standard InChI is InChI=1S/C28H39N3O2/c1-27-14-12-19(33-26(32)17-29)16-18(27)8-9-20-21-10-11-25(28(21,2)15-13-22(20)27)31-24-7-5-4-6-23(24)30-3/h4-8,11,19-22,30-31H,9-10,12-17,29H2,1-3H3/t19-,20?,21?,22?,27-,28-/m0/s1. The third-order valence-electron chi connectivity index (χ3n) is 9.57. The van der Waals surface area contributed by atoms with Crippen LogP contribution >= 0.6 is 0 Å². The number of nitrogens with one attached hydrogen (secondary N) is 2. The summed E-state index contributed by atoms with van der Waals surface area (Å²) in [6.07, 6.45) is 12.8. The predicted octanol–water partition coefficient (Wildman–Crippen LogP) is 5.47. The van der Waals surface area contributed by atoms with Gasteiger partial charge in [-0.15, -0.1) is 0 Å². The van der Waals surface area contributed by atoms with Gasteiger partial charge in [-0.3, -0.25) is 4.79 Å². The number of carbonyl (C=O) groups excluding carboxylic acids is 1. The summed E-state index contributed by atoms with van der Waals surface area (Å²) in [5, 5.41) is 7.13. The Hall–Kier alpha value is -2.27. The molecule has 1 aromatic carbocycles. The van der Waals surface area contributed by atoms with Crippen molar-refractivity contribution in [2.45, 2.75) is 64.9 Å². The van der Waals surface area contributed by atoms with Crippen molar-refractivity contribution in [3.63, 3.8) is 0 Å². The maximum Gasteiger partial charge on any atom is 0.319 e. The van der Waals surface area contributed by atoms with Crippen LogP contribution in [-0.4, -0.2) is 25.7 Å². The molecule has 178 valence electrons. The smallest absolute Gasteiger partial charge is 0.319 e. The van der Waals surface area contributed by atoms with Gasteiger partial charge in [-0.25, -0.2) is 0 Å². The van der Waals surface area contributed by atoms with Crippen LogP contribution in [0.3, 0.4) is 0 Å². The summed E-state index contributed by atoms with van der Waals surface area (Å²) in [6.45, 7) is 4.95. The molecule has 4 aliphatic carbocycles. The van der Waals surface area contributed by atoms with E-state index in [9.17, 15) is 4.79 Å². The second kappa shape index (κ2) is 8.50. The minimum Gasteiger partial charge on any atom is -0.461 e. The third kappa shape index (κ3) is 3.69. The molecule has 5 heteroatoms. The lowest BCUT2D eigenvalue weighted by atomic mass is 9.48. The minimum absolute atomic E-state index is 0.00183. The maximum absolute atomic E-state index is 11.7. The molecule has 5 nitrogen and oxygen atoms in total. The van der Waals surface area contributed by atoms with Crippen LogP contribution in [0.5, 0.6) is 0 Å². The summed E-state index contributed by atoms with van der Waals surface area (Å²) in [7, 11) is 1.98. The topological polar surface area (TPSA) is 76.4 Å². The van der Waals surface area contributed by atoms with Crippen molar-refractivity contribution >= 4 is 17.3 Å². The van der Waals surface area contributed by atoms with Gasteiger partial charge in [-0.05, 0) is 73.8 Å². The molecule has 0 spiro atoms. The Morgan fingerprint density at radius 1 is 1.06 bits per heavy atom. The van der Waals surface area contributed by atoms with E-state index in [1.807, 2.05) is 7.05 Å². The van der Waals surface area contributed by atoms with E-state index in [4.69, 9.17) is 10.5 Å². The van der Waals surface area contributed by atoms with Crippen LogP contribution < -0.4 is 16.4 Å². The van der Waals surface area contributed by atoms with E-state index in [0.717, 1.165) is 49.6 Å². The molecule has 0 amide bonds. The first-order chi connectivity index (χ1) is 15.9. The molecular weight excluding hydrogens is 410 g/mol. The van der Waals surface area contributed by atoms with E-state index < -0.39 is 0 Å². The molecule has 6 atom stereocenters. The molecule has 0 bridgehead atoms.